The van der Waals surface area contributed by atoms with Gasteiger partial charge in [0.15, 0.2) is 0 Å². The number of fused-ring (bicyclic) bond motifs is 1. The fraction of sp³-hybridized carbons (Fsp3) is 0.273. The molecule has 0 unspecified atom stereocenters. The first-order chi connectivity index (χ1) is 6.63. The summed E-state index contributed by atoms with van der Waals surface area (Å²) in [5, 5.41) is 0.712. The summed E-state index contributed by atoms with van der Waals surface area (Å²) in [6, 6.07) is 3.80. The Labute approximate surface area is 88.7 Å². The van der Waals surface area contributed by atoms with E-state index in [1.807, 2.05) is 24.1 Å². The van der Waals surface area contributed by atoms with Gasteiger partial charge in [-0.25, -0.2) is 0 Å². The van der Waals surface area contributed by atoms with Gasteiger partial charge in [-0.05, 0) is 11.6 Å². The van der Waals surface area contributed by atoms with Crippen molar-refractivity contribution in [3.63, 3.8) is 0 Å². The zero-order valence-corrected chi connectivity index (χ0v) is 9.06. The summed E-state index contributed by atoms with van der Waals surface area (Å²) in [5.74, 6) is 0.814. The van der Waals surface area contributed by atoms with Crippen molar-refractivity contribution in [3.8, 4) is 5.75 Å². The highest BCUT2D eigenvalue weighted by atomic mass is 35.5. The minimum Gasteiger partial charge on any atom is -0.495 e. The normalized spacial score (nSPS) is 14.5. The summed E-state index contributed by atoms with van der Waals surface area (Å²) < 4.78 is 5.29. The molecular formula is C11H12ClNO. The molecule has 2 rings (SSSR count). The third-order valence-electron chi connectivity index (χ3n) is 2.54. The SMILES string of the molecule is C=C1Cc2cc(Cl)cc(OC)c2N1C. The second-order valence-corrected chi connectivity index (χ2v) is 3.85. The van der Waals surface area contributed by atoms with Crippen molar-refractivity contribution in [2.75, 3.05) is 19.1 Å². The first kappa shape index (κ1) is 9.41. The molecule has 1 aromatic carbocycles. The molecule has 3 heteroatoms. The summed E-state index contributed by atoms with van der Waals surface area (Å²) in [6.45, 7) is 3.98. The van der Waals surface area contributed by atoms with Crippen molar-refractivity contribution in [2.45, 2.75) is 6.42 Å². The van der Waals surface area contributed by atoms with Crippen molar-refractivity contribution in [2.24, 2.45) is 0 Å². The van der Waals surface area contributed by atoms with Crippen LogP contribution in [0.4, 0.5) is 5.69 Å². The molecule has 0 amide bonds. The number of hydrogen-bond donors (Lipinski definition) is 0. The molecule has 1 aliphatic heterocycles. The maximum atomic E-state index is 5.97. The van der Waals surface area contributed by atoms with Gasteiger partial charge < -0.3 is 9.64 Å². The van der Waals surface area contributed by atoms with E-state index >= 15 is 0 Å². The second-order valence-electron chi connectivity index (χ2n) is 3.42. The van der Waals surface area contributed by atoms with Crippen LogP contribution in [-0.4, -0.2) is 14.2 Å². The van der Waals surface area contributed by atoms with Gasteiger partial charge in [-0.15, -0.1) is 0 Å². The minimum atomic E-state index is 0.712. The molecule has 1 heterocycles. The van der Waals surface area contributed by atoms with Crippen LogP contribution in [0, 0.1) is 0 Å². The Hall–Kier alpha value is -1.15. The van der Waals surface area contributed by atoms with Gasteiger partial charge in [0.25, 0.3) is 0 Å². The number of nitrogens with zero attached hydrogens (tertiary/aromatic N) is 1. The van der Waals surface area contributed by atoms with E-state index in [1.54, 1.807) is 7.11 Å². The Kier molecular flexibility index (Phi) is 2.16. The predicted molar refractivity (Wildman–Crippen MR) is 59.3 cm³/mol. The van der Waals surface area contributed by atoms with Crippen molar-refractivity contribution in [1.82, 2.24) is 0 Å². The van der Waals surface area contributed by atoms with E-state index in [9.17, 15) is 0 Å². The maximum Gasteiger partial charge on any atom is 0.144 e. The number of methoxy groups -OCH3 is 1. The lowest BCUT2D eigenvalue weighted by Crippen LogP contribution is -2.10. The standard InChI is InChI=1S/C11H12ClNO/c1-7-4-8-5-9(12)6-10(14-3)11(8)13(7)2/h5-6H,1,4H2,2-3H3. The summed E-state index contributed by atoms with van der Waals surface area (Å²) in [6.07, 6.45) is 0.850. The number of anilines is 1. The van der Waals surface area contributed by atoms with E-state index in [0.717, 1.165) is 23.6 Å². The molecule has 0 radical (unpaired) electrons. The van der Waals surface area contributed by atoms with Crippen LogP contribution in [0.2, 0.25) is 5.02 Å². The Balaban J connectivity index is 2.61. The lowest BCUT2D eigenvalue weighted by Gasteiger charge is -2.16. The summed E-state index contributed by atoms with van der Waals surface area (Å²) in [5.41, 5.74) is 3.34. The highest BCUT2D eigenvalue weighted by molar-refractivity contribution is 6.31. The average molecular weight is 210 g/mol. The fourth-order valence-electron chi connectivity index (χ4n) is 1.80. The topological polar surface area (TPSA) is 12.5 Å². The van der Waals surface area contributed by atoms with Gasteiger partial charge in [-0.2, -0.15) is 0 Å². The molecule has 2 nitrogen and oxygen atoms in total. The third kappa shape index (κ3) is 1.26. The number of allylic oxidation sites excluding steroid dienone is 1. The second kappa shape index (κ2) is 3.21. The van der Waals surface area contributed by atoms with Crippen LogP contribution in [0.5, 0.6) is 5.75 Å². The molecule has 0 aromatic heterocycles. The smallest absolute Gasteiger partial charge is 0.144 e. The van der Waals surface area contributed by atoms with Crippen molar-refractivity contribution < 1.29 is 4.74 Å². The lowest BCUT2D eigenvalue weighted by atomic mass is 10.1. The monoisotopic (exact) mass is 209 g/mol. The third-order valence-corrected chi connectivity index (χ3v) is 2.76. The highest BCUT2D eigenvalue weighted by Crippen LogP contribution is 2.41. The Bertz CT molecular complexity index is 401. The van der Waals surface area contributed by atoms with Crippen LogP contribution in [0.1, 0.15) is 5.56 Å². The van der Waals surface area contributed by atoms with Crippen LogP contribution in [0.25, 0.3) is 0 Å². The molecule has 1 aromatic rings. The molecule has 0 fully saturated rings. The van der Waals surface area contributed by atoms with Gasteiger partial charge in [0.2, 0.25) is 0 Å². The fourth-order valence-corrected chi connectivity index (χ4v) is 2.03. The molecule has 0 bridgehead atoms. The van der Waals surface area contributed by atoms with E-state index < -0.39 is 0 Å². The quantitative estimate of drug-likeness (QED) is 0.705. The van der Waals surface area contributed by atoms with Crippen LogP contribution < -0.4 is 9.64 Å². The summed E-state index contributed by atoms with van der Waals surface area (Å²) in [4.78, 5) is 2.05. The molecular weight excluding hydrogens is 198 g/mol. The van der Waals surface area contributed by atoms with E-state index in [2.05, 4.69) is 6.58 Å². The molecule has 14 heavy (non-hydrogen) atoms. The number of likely N-dealkylation sites (N-methyl/N-ethyl adjacent to an activating group) is 1. The van der Waals surface area contributed by atoms with Gasteiger partial charge >= 0.3 is 0 Å². The molecule has 0 atom stereocenters. The predicted octanol–water partition coefficient (Wildman–Crippen LogP) is 2.85. The number of ether oxygens (including phenoxy) is 1. The number of hydrogen-bond acceptors (Lipinski definition) is 2. The molecule has 0 N–H and O–H groups in total. The van der Waals surface area contributed by atoms with Crippen molar-refractivity contribution in [3.05, 3.63) is 35.0 Å². The maximum absolute atomic E-state index is 5.97. The molecule has 74 valence electrons. The first-order valence-electron chi connectivity index (χ1n) is 4.41. The first-order valence-corrected chi connectivity index (χ1v) is 4.79. The van der Waals surface area contributed by atoms with Gasteiger partial charge in [0, 0.05) is 30.3 Å². The number of benzene rings is 1. The van der Waals surface area contributed by atoms with Gasteiger partial charge in [-0.3, -0.25) is 0 Å². The Morgan fingerprint density at radius 2 is 2.21 bits per heavy atom. The zero-order valence-electron chi connectivity index (χ0n) is 8.30. The molecule has 0 saturated carbocycles. The largest absolute Gasteiger partial charge is 0.495 e. The summed E-state index contributed by atoms with van der Waals surface area (Å²) in [7, 11) is 3.64. The number of rotatable bonds is 1. The number of halogens is 1. The molecule has 0 aliphatic carbocycles. The zero-order chi connectivity index (χ0) is 10.3. The van der Waals surface area contributed by atoms with E-state index in [-0.39, 0.29) is 0 Å². The van der Waals surface area contributed by atoms with Gasteiger partial charge in [0.05, 0.1) is 12.8 Å². The highest BCUT2D eigenvalue weighted by Gasteiger charge is 2.23. The minimum absolute atomic E-state index is 0.712. The van der Waals surface area contributed by atoms with Gasteiger partial charge in [0.1, 0.15) is 5.75 Å². The van der Waals surface area contributed by atoms with Crippen LogP contribution >= 0.6 is 11.6 Å². The van der Waals surface area contributed by atoms with Crippen molar-refractivity contribution in [1.29, 1.82) is 0 Å². The van der Waals surface area contributed by atoms with E-state index in [4.69, 9.17) is 16.3 Å². The average Bonchev–Trinajstić information content (AvgIpc) is 2.41. The molecule has 0 saturated heterocycles. The van der Waals surface area contributed by atoms with Crippen molar-refractivity contribution >= 4 is 17.3 Å². The van der Waals surface area contributed by atoms with Gasteiger partial charge in [-0.1, -0.05) is 18.2 Å². The lowest BCUT2D eigenvalue weighted by molar-refractivity contribution is 0.415. The van der Waals surface area contributed by atoms with Crippen LogP contribution in [0.15, 0.2) is 24.4 Å². The van der Waals surface area contributed by atoms with Crippen LogP contribution in [0.3, 0.4) is 0 Å². The van der Waals surface area contributed by atoms with Crippen LogP contribution in [-0.2, 0) is 6.42 Å². The van der Waals surface area contributed by atoms with E-state index in [0.29, 0.717) is 5.02 Å². The Morgan fingerprint density at radius 1 is 1.50 bits per heavy atom. The molecule has 1 aliphatic rings. The Morgan fingerprint density at radius 3 is 2.86 bits per heavy atom. The summed E-state index contributed by atoms with van der Waals surface area (Å²) >= 11 is 5.97. The molecule has 0 spiro atoms. The van der Waals surface area contributed by atoms with E-state index in [1.165, 1.54) is 5.56 Å².